The highest BCUT2D eigenvalue weighted by Crippen LogP contribution is 2.38. The lowest BCUT2D eigenvalue weighted by Gasteiger charge is -2.33. The third-order valence-electron chi connectivity index (χ3n) is 4.24. The van der Waals surface area contributed by atoms with Crippen molar-refractivity contribution in [3.63, 3.8) is 0 Å². The second kappa shape index (κ2) is 4.71. The second-order valence-electron chi connectivity index (χ2n) is 5.66. The fraction of sp³-hybridized carbons (Fsp3) is 0.294. The summed E-state index contributed by atoms with van der Waals surface area (Å²) < 4.78 is 0. The fourth-order valence-corrected chi connectivity index (χ4v) is 3.01. The molecule has 0 radical (unpaired) electrons. The molecule has 102 valence electrons. The van der Waals surface area contributed by atoms with Crippen molar-refractivity contribution in [2.75, 3.05) is 0 Å². The lowest BCUT2D eigenvalue weighted by atomic mass is 9.69. The first kappa shape index (κ1) is 13.3. The molecule has 3 rings (SSSR count). The summed E-state index contributed by atoms with van der Waals surface area (Å²) >= 11 is 5.91. The smallest absolute Gasteiger partial charge is 0.174 e. The van der Waals surface area contributed by atoms with Gasteiger partial charge in [0.05, 0.1) is 11.1 Å². The Morgan fingerprint density at radius 1 is 1.15 bits per heavy atom. The van der Waals surface area contributed by atoms with E-state index in [2.05, 4.69) is 36.2 Å². The van der Waals surface area contributed by atoms with Crippen LogP contribution in [0.4, 0.5) is 0 Å². The van der Waals surface area contributed by atoms with Gasteiger partial charge in [0.15, 0.2) is 5.78 Å². The number of Topliss-reactive ketones (excluding diaryl/α,β-unsaturated/α-hetero) is 1. The maximum atomic E-state index is 12.9. The number of hydrogen-bond acceptors (Lipinski definition) is 2. The number of fused-ring (bicyclic) bond motifs is 1. The first-order chi connectivity index (χ1) is 9.50. The molecule has 1 aliphatic rings. The van der Waals surface area contributed by atoms with Crippen LogP contribution >= 0.6 is 11.6 Å². The van der Waals surface area contributed by atoms with E-state index in [1.54, 1.807) is 12.1 Å². The lowest BCUT2D eigenvalue weighted by molar-refractivity contribution is 0.0874. The number of rotatable bonds is 1. The number of halogens is 1. The van der Waals surface area contributed by atoms with Gasteiger partial charge >= 0.3 is 0 Å². The fourth-order valence-electron chi connectivity index (χ4n) is 2.85. The van der Waals surface area contributed by atoms with E-state index in [1.807, 2.05) is 6.92 Å². The number of pyridine rings is 1. The van der Waals surface area contributed by atoms with Crippen molar-refractivity contribution in [3.05, 3.63) is 63.9 Å². The van der Waals surface area contributed by atoms with E-state index in [-0.39, 0.29) is 5.78 Å². The average Bonchev–Trinajstić information content (AvgIpc) is 2.44. The van der Waals surface area contributed by atoms with E-state index < -0.39 is 5.41 Å². The van der Waals surface area contributed by atoms with Crippen LogP contribution in [0.5, 0.6) is 0 Å². The normalized spacial score (nSPS) is 21.6. The zero-order chi connectivity index (χ0) is 14.3. The molecular weight excluding hydrogens is 270 g/mol. The summed E-state index contributed by atoms with van der Waals surface area (Å²) in [6.45, 7) is 4.08. The van der Waals surface area contributed by atoms with Crippen LogP contribution < -0.4 is 0 Å². The van der Waals surface area contributed by atoms with Gasteiger partial charge in [-0.1, -0.05) is 41.4 Å². The number of aromatic nitrogens is 1. The Labute approximate surface area is 123 Å². The molecule has 2 nitrogen and oxygen atoms in total. The molecule has 0 aliphatic heterocycles. The molecule has 1 heterocycles. The molecule has 1 unspecified atom stereocenters. The molecule has 3 heteroatoms. The largest absolute Gasteiger partial charge is 0.293 e. The summed E-state index contributed by atoms with van der Waals surface area (Å²) in [5.41, 5.74) is 3.36. The van der Waals surface area contributed by atoms with Gasteiger partial charge in [0, 0.05) is 5.56 Å². The van der Waals surface area contributed by atoms with Gasteiger partial charge in [-0.05, 0) is 44.4 Å². The van der Waals surface area contributed by atoms with Crippen LogP contribution in [-0.4, -0.2) is 10.8 Å². The minimum absolute atomic E-state index is 0.145. The van der Waals surface area contributed by atoms with Crippen LogP contribution in [0.3, 0.4) is 0 Å². The van der Waals surface area contributed by atoms with Gasteiger partial charge in [0.2, 0.25) is 0 Å². The Morgan fingerprint density at radius 2 is 1.85 bits per heavy atom. The van der Waals surface area contributed by atoms with Crippen LogP contribution in [0.2, 0.25) is 5.15 Å². The Bertz CT molecular complexity index is 678. The molecule has 0 amide bonds. The van der Waals surface area contributed by atoms with Gasteiger partial charge in [0.1, 0.15) is 5.15 Å². The van der Waals surface area contributed by atoms with E-state index in [9.17, 15) is 4.79 Å². The van der Waals surface area contributed by atoms with Crippen LogP contribution in [-0.2, 0) is 11.8 Å². The SMILES string of the molecule is Cc1ccc(C2(C)CCc3nc(Cl)ccc3C2=O)cc1. The first-order valence-electron chi connectivity index (χ1n) is 6.78. The molecular formula is C17H16ClNO. The van der Waals surface area contributed by atoms with Crippen molar-refractivity contribution in [1.29, 1.82) is 0 Å². The minimum Gasteiger partial charge on any atom is -0.293 e. The summed E-state index contributed by atoms with van der Waals surface area (Å²) in [5, 5.41) is 0.454. The molecule has 1 aromatic carbocycles. The first-order valence-corrected chi connectivity index (χ1v) is 7.16. The third-order valence-corrected chi connectivity index (χ3v) is 4.45. The quantitative estimate of drug-likeness (QED) is 0.738. The Hall–Kier alpha value is -1.67. The molecule has 0 spiro atoms. The molecule has 0 fully saturated rings. The summed E-state index contributed by atoms with van der Waals surface area (Å²) in [6.07, 6.45) is 1.56. The van der Waals surface area contributed by atoms with Crippen molar-refractivity contribution in [3.8, 4) is 0 Å². The Kier molecular flexibility index (Phi) is 3.14. The highest BCUT2D eigenvalue weighted by Gasteiger charge is 2.40. The Balaban J connectivity index is 2.06. The van der Waals surface area contributed by atoms with Crippen LogP contribution in [0.25, 0.3) is 0 Å². The van der Waals surface area contributed by atoms with Crippen molar-refractivity contribution in [1.82, 2.24) is 4.98 Å². The number of benzene rings is 1. The highest BCUT2D eigenvalue weighted by molar-refractivity contribution is 6.29. The summed E-state index contributed by atoms with van der Waals surface area (Å²) in [4.78, 5) is 17.1. The van der Waals surface area contributed by atoms with E-state index in [1.165, 1.54) is 5.56 Å². The number of aryl methyl sites for hydroxylation is 2. The van der Waals surface area contributed by atoms with E-state index in [4.69, 9.17) is 11.6 Å². The molecule has 0 N–H and O–H groups in total. The molecule has 0 saturated heterocycles. The van der Waals surface area contributed by atoms with Crippen molar-refractivity contribution >= 4 is 17.4 Å². The lowest BCUT2D eigenvalue weighted by Crippen LogP contribution is -2.37. The number of carbonyl (C=O) groups is 1. The third kappa shape index (κ3) is 2.04. The topological polar surface area (TPSA) is 30.0 Å². The van der Waals surface area contributed by atoms with Gasteiger partial charge in [-0.3, -0.25) is 4.79 Å². The van der Waals surface area contributed by atoms with Gasteiger partial charge < -0.3 is 0 Å². The van der Waals surface area contributed by atoms with E-state index in [0.29, 0.717) is 10.7 Å². The van der Waals surface area contributed by atoms with Crippen LogP contribution in [0.15, 0.2) is 36.4 Å². The summed E-state index contributed by atoms with van der Waals surface area (Å²) in [7, 11) is 0. The van der Waals surface area contributed by atoms with Gasteiger partial charge in [-0.15, -0.1) is 0 Å². The van der Waals surface area contributed by atoms with Gasteiger partial charge in [-0.25, -0.2) is 4.98 Å². The molecule has 0 bridgehead atoms. The van der Waals surface area contributed by atoms with Crippen LogP contribution in [0, 0.1) is 6.92 Å². The predicted molar refractivity (Wildman–Crippen MR) is 80.4 cm³/mol. The highest BCUT2D eigenvalue weighted by atomic mass is 35.5. The average molecular weight is 286 g/mol. The number of nitrogens with zero attached hydrogens (tertiary/aromatic N) is 1. The number of ketones is 1. The predicted octanol–water partition coefficient (Wildman–Crippen LogP) is 4.13. The summed E-state index contributed by atoms with van der Waals surface area (Å²) in [6, 6.07) is 11.7. The van der Waals surface area contributed by atoms with E-state index >= 15 is 0 Å². The maximum Gasteiger partial charge on any atom is 0.174 e. The minimum atomic E-state index is -0.462. The molecule has 1 atom stereocenters. The van der Waals surface area contributed by atoms with Gasteiger partial charge in [0.25, 0.3) is 0 Å². The van der Waals surface area contributed by atoms with Crippen molar-refractivity contribution in [2.45, 2.75) is 32.1 Å². The van der Waals surface area contributed by atoms with Crippen LogP contribution in [0.1, 0.15) is 40.5 Å². The molecule has 1 aromatic heterocycles. The van der Waals surface area contributed by atoms with E-state index in [0.717, 1.165) is 24.1 Å². The molecule has 2 aromatic rings. The second-order valence-corrected chi connectivity index (χ2v) is 6.04. The van der Waals surface area contributed by atoms with Crippen molar-refractivity contribution < 1.29 is 4.79 Å². The molecule has 20 heavy (non-hydrogen) atoms. The maximum absolute atomic E-state index is 12.9. The zero-order valence-corrected chi connectivity index (χ0v) is 12.4. The standard InChI is InChI=1S/C17H16ClNO/c1-11-3-5-12(6-4-11)17(2)10-9-14-13(16(17)20)7-8-15(18)19-14/h3-8H,9-10H2,1-2H3. The summed E-state index contributed by atoms with van der Waals surface area (Å²) in [5.74, 6) is 0.145. The zero-order valence-electron chi connectivity index (χ0n) is 11.6. The van der Waals surface area contributed by atoms with Gasteiger partial charge in [-0.2, -0.15) is 0 Å². The molecule has 1 aliphatic carbocycles. The monoisotopic (exact) mass is 285 g/mol. The Morgan fingerprint density at radius 3 is 2.55 bits per heavy atom. The number of hydrogen-bond donors (Lipinski definition) is 0. The number of carbonyl (C=O) groups excluding carboxylic acids is 1. The molecule has 0 saturated carbocycles. The van der Waals surface area contributed by atoms with Crippen molar-refractivity contribution in [2.24, 2.45) is 0 Å².